The zero-order valence-electron chi connectivity index (χ0n) is 13.0. The minimum atomic E-state index is -0.506. The third-order valence-corrected chi connectivity index (χ3v) is 3.82. The number of thioether (sulfide) groups is 1. The van der Waals surface area contributed by atoms with Crippen LogP contribution in [-0.4, -0.2) is 26.8 Å². The van der Waals surface area contributed by atoms with Crippen LogP contribution in [0.3, 0.4) is 0 Å². The Hall–Kier alpha value is -2.42. The lowest BCUT2D eigenvalue weighted by Gasteiger charge is -2.09. The van der Waals surface area contributed by atoms with E-state index in [2.05, 4.69) is 15.5 Å². The average Bonchev–Trinajstić information content (AvgIpc) is 2.95. The SMILES string of the molecule is CCc1nnc(SCC(=O)Nc2c(C)cc(C)cc2[N+](=O)[O-])o1. The maximum absolute atomic E-state index is 12.0. The third-order valence-electron chi connectivity index (χ3n) is 3.00. The Kier molecular flexibility index (Phi) is 5.32. The molecule has 1 aromatic heterocycles. The van der Waals surface area contributed by atoms with Gasteiger partial charge in [-0.05, 0) is 25.0 Å². The van der Waals surface area contributed by atoms with Crippen molar-refractivity contribution >= 4 is 29.0 Å². The van der Waals surface area contributed by atoms with E-state index < -0.39 is 4.92 Å². The van der Waals surface area contributed by atoms with Gasteiger partial charge in [0.25, 0.3) is 10.9 Å². The molecule has 1 amide bonds. The van der Waals surface area contributed by atoms with Crippen LogP contribution in [0.2, 0.25) is 0 Å². The van der Waals surface area contributed by atoms with Gasteiger partial charge in [0.1, 0.15) is 5.69 Å². The van der Waals surface area contributed by atoms with E-state index in [1.807, 2.05) is 6.92 Å². The van der Waals surface area contributed by atoms with Gasteiger partial charge in [0.2, 0.25) is 11.8 Å². The number of nitrogens with one attached hydrogen (secondary N) is 1. The van der Waals surface area contributed by atoms with Crippen LogP contribution in [0, 0.1) is 24.0 Å². The molecule has 0 saturated heterocycles. The molecule has 0 aliphatic carbocycles. The van der Waals surface area contributed by atoms with Crippen molar-refractivity contribution in [3.8, 4) is 0 Å². The predicted octanol–water partition coefficient (Wildman–Crippen LogP) is 2.89. The van der Waals surface area contributed by atoms with Gasteiger partial charge in [0.05, 0.1) is 10.7 Å². The molecule has 0 saturated carbocycles. The number of aromatic nitrogens is 2. The van der Waals surface area contributed by atoms with Gasteiger partial charge in [0, 0.05) is 12.5 Å². The molecular weight excluding hydrogens is 320 g/mol. The topological polar surface area (TPSA) is 111 Å². The fraction of sp³-hybridized carbons (Fsp3) is 0.357. The molecular formula is C14H16N4O4S. The monoisotopic (exact) mass is 336 g/mol. The molecule has 1 heterocycles. The van der Waals surface area contributed by atoms with Crippen molar-refractivity contribution in [2.45, 2.75) is 32.4 Å². The van der Waals surface area contributed by atoms with Crippen LogP contribution in [0.5, 0.6) is 0 Å². The van der Waals surface area contributed by atoms with Gasteiger partial charge >= 0.3 is 0 Å². The van der Waals surface area contributed by atoms with Crippen LogP contribution < -0.4 is 5.32 Å². The number of hydrogen-bond acceptors (Lipinski definition) is 7. The van der Waals surface area contributed by atoms with Crippen molar-refractivity contribution < 1.29 is 14.1 Å². The number of benzene rings is 1. The van der Waals surface area contributed by atoms with Gasteiger partial charge in [-0.1, -0.05) is 24.8 Å². The summed E-state index contributed by atoms with van der Waals surface area (Å²) in [6.07, 6.45) is 0.620. The summed E-state index contributed by atoms with van der Waals surface area (Å²) in [4.78, 5) is 22.7. The normalized spacial score (nSPS) is 10.6. The Morgan fingerprint density at radius 1 is 1.39 bits per heavy atom. The molecule has 0 aliphatic rings. The molecule has 0 unspecified atom stereocenters. The molecule has 1 aromatic carbocycles. The van der Waals surface area contributed by atoms with Gasteiger partial charge in [0.15, 0.2) is 0 Å². The Balaban J connectivity index is 2.06. The molecule has 0 fully saturated rings. The Bertz CT molecular complexity index is 744. The fourth-order valence-electron chi connectivity index (χ4n) is 1.99. The molecule has 0 radical (unpaired) electrons. The Labute approximate surface area is 136 Å². The van der Waals surface area contributed by atoms with Crippen LogP contribution in [0.15, 0.2) is 21.8 Å². The highest BCUT2D eigenvalue weighted by molar-refractivity contribution is 7.99. The number of carbonyl (C=O) groups is 1. The number of anilines is 1. The van der Waals surface area contributed by atoms with E-state index in [4.69, 9.17) is 4.42 Å². The lowest BCUT2D eigenvalue weighted by atomic mass is 10.1. The molecule has 0 aliphatic heterocycles. The van der Waals surface area contributed by atoms with Crippen LogP contribution in [0.4, 0.5) is 11.4 Å². The second-order valence-electron chi connectivity index (χ2n) is 4.89. The zero-order chi connectivity index (χ0) is 17.0. The summed E-state index contributed by atoms with van der Waals surface area (Å²) in [5, 5.41) is 21.6. The van der Waals surface area contributed by atoms with E-state index in [1.165, 1.54) is 6.07 Å². The van der Waals surface area contributed by atoms with Crippen molar-refractivity contribution in [3.63, 3.8) is 0 Å². The Morgan fingerprint density at radius 2 is 2.13 bits per heavy atom. The van der Waals surface area contributed by atoms with Crippen molar-refractivity contribution in [2.75, 3.05) is 11.1 Å². The molecule has 23 heavy (non-hydrogen) atoms. The second kappa shape index (κ2) is 7.23. The van der Waals surface area contributed by atoms with E-state index in [1.54, 1.807) is 19.9 Å². The summed E-state index contributed by atoms with van der Waals surface area (Å²) in [5.74, 6) is 0.148. The fourth-order valence-corrected chi connectivity index (χ4v) is 2.57. The van der Waals surface area contributed by atoms with Gasteiger partial charge in [-0.2, -0.15) is 0 Å². The van der Waals surface area contributed by atoms with Crippen molar-refractivity contribution in [2.24, 2.45) is 0 Å². The minimum Gasteiger partial charge on any atom is -0.416 e. The van der Waals surface area contributed by atoms with E-state index in [-0.39, 0.29) is 23.0 Å². The van der Waals surface area contributed by atoms with E-state index >= 15 is 0 Å². The first-order valence-corrected chi connectivity index (χ1v) is 7.90. The van der Waals surface area contributed by atoms with Crippen LogP contribution >= 0.6 is 11.8 Å². The summed E-state index contributed by atoms with van der Waals surface area (Å²) in [6.45, 7) is 5.37. The maximum atomic E-state index is 12.0. The van der Waals surface area contributed by atoms with E-state index in [0.717, 1.165) is 17.3 Å². The molecule has 122 valence electrons. The van der Waals surface area contributed by atoms with Crippen molar-refractivity contribution in [3.05, 3.63) is 39.3 Å². The third kappa shape index (κ3) is 4.28. The van der Waals surface area contributed by atoms with Gasteiger partial charge in [-0.3, -0.25) is 14.9 Å². The molecule has 8 nitrogen and oxygen atoms in total. The summed E-state index contributed by atoms with van der Waals surface area (Å²) in [7, 11) is 0. The number of rotatable bonds is 6. The van der Waals surface area contributed by atoms with Gasteiger partial charge in [-0.15, -0.1) is 10.2 Å². The van der Waals surface area contributed by atoms with E-state index in [0.29, 0.717) is 23.1 Å². The van der Waals surface area contributed by atoms with Crippen LogP contribution in [-0.2, 0) is 11.2 Å². The highest BCUT2D eigenvalue weighted by Crippen LogP contribution is 2.30. The largest absolute Gasteiger partial charge is 0.416 e. The summed E-state index contributed by atoms with van der Waals surface area (Å²) in [5.41, 5.74) is 1.50. The lowest BCUT2D eigenvalue weighted by Crippen LogP contribution is -2.16. The minimum absolute atomic E-state index is 0.0236. The highest BCUT2D eigenvalue weighted by Gasteiger charge is 2.19. The second-order valence-corrected chi connectivity index (χ2v) is 5.81. The molecule has 0 bridgehead atoms. The lowest BCUT2D eigenvalue weighted by molar-refractivity contribution is -0.384. The molecule has 2 aromatic rings. The molecule has 0 atom stereocenters. The van der Waals surface area contributed by atoms with Crippen molar-refractivity contribution in [1.29, 1.82) is 0 Å². The van der Waals surface area contributed by atoms with Crippen molar-refractivity contribution in [1.82, 2.24) is 10.2 Å². The highest BCUT2D eigenvalue weighted by atomic mass is 32.2. The zero-order valence-corrected chi connectivity index (χ0v) is 13.8. The standard InChI is InChI=1S/C14H16N4O4S/c1-4-12-16-17-14(22-12)23-7-11(19)15-13-9(3)5-8(2)6-10(13)18(20)21/h5-6H,4,7H2,1-3H3,(H,15,19). The maximum Gasteiger partial charge on any atom is 0.293 e. The van der Waals surface area contributed by atoms with Gasteiger partial charge in [-0.25, -0.2) is 0 Å². The summed E-state index contributed by atoms with van der Waals surface area (Å²) in [6, 6.07) is 3.21. The summed E-state index contributed by atoms with van der Waals surface area (Å²) >= 11 is 1.09. The molecule has 1 N–H and O–H groups in total. The van der Waals surface area contributed by atoms with Crippen LogP contribution in [0.25, 0.3) is 0 Å². The average molecular weight is 336 g/mol. The summed E-state index contributed by atoms with van der Waals surface area (Å²) < 4.78 is 5.29. The predicted molar refractivity (Wildman–Crippen MR) is 85.6 cm³/mol. The first kappa shape index (κ1) is 16.9. The van der Waals surface area contributed by atoms with Gasteiger partial charge < -0.3 is 9.73 Å². The number of nitro benzene ring substituents is 1. The molecule has 0 spiro atoms. The number of nitro groups is 1. The molecule has 9 heteroatoms. The molecule has 2 rings (SSSR count). The number of amides is 1. The number of nitrogens with zero attached hydrogens (tertiary/aromatic N) is 3. The number of carbonyl (C=O) groups excluding carboxylic acids is 1. The van der Waals surface area contributed by atoms with Crippen LogP contribution in [0.1, 0.15) is 23.9 Å². The first-order chi connectivity index (χ1) is 10.9. The quantitative estimate of drug-likeness (QED) is 0.490. The Morgan fingerprint density at radius 3 is 2.74 bits per heavy atom. The number of aryl methyl sites for hydroxylation is 3. The first-order valence-electron chi connectivity index (χ1n) is 6.91. The smallest absolute Gasteiger partial charge is 0.293 e. The number of hydrogen-bond donors (Lipinski definition) is 1. The van der Waals surface area contributed by atoms with E-state index in [9.17, 15) is 14.9 Å².